The van der Waals surface area contributed by atoms with Gasteiger partial charge in [-0.1, -0.05) is 19.1 Å². The van der Waals surface area contributed by atoms with E-state index in [9.17, 15) is 9.59 Å². The normalized spacial score (nSPS) is 11.9. The van der Waals surface area contributed by atoms with E-state index < -0.39 is 5.63 Å². The molecule has 0 saturated heterocycles. The van der Waals surface area contributed by atoms with E-state index in [0.29, 0.717) is 11.3 Å². The minimum atomic E-state index is -0.393. The van der Waals surface area contributed by atoms with Gasteiger partial charge in [-0.05, 0) is 48.7 Å². The lowest BCUT2D eigenvalue weighted by Gasteiger charge is -2.25. The molecule has 6 nitrogen and oxygen atoms in total. The Bertz CT molecular complexity index is 1060. The van der Waals surface area contributed by atoms with E-state index in [1.165, 1.54) is 6.07 Å². The number of benzene rings is 2. The first-order valence-electron chi connectivity index (χ1n) is 9.52. The maximum absolute atomic E-state index is 12.6. The van der Waals surface area contributed by atoms with Gasteiger partial charge in [0.15, 0.2) is 6.61 Å². The summed E-state index contributed by atoms with van der Waals surface area (Å²) >= 11 is 0. The van der Waals surface area contributed by atoms with Gasteiger partial charge in [0.05, 0.1) is 13.2 Å². The second-order valence-electron chi connectivity index (χ2n) is 6.84. The summed E-state index contributed by atoms with van der Waals surface area (Å²) in [6.45, 7) is 3.83. The predicted molar refractivity (Wildman–Crippen MR) is 112 cm³/mol. The molecule has 0 saturated carbocycles. The van der Waals surface area contributed by atoms with Crippen LogP contribution < -0.4 is 15.1 Å². The third-order valence-corrected chi connectivity index (χ3v) is 5.12. The number of hydrogen-bond acceptors (Lipinski definition) is 5. The van der Waals surface area contributed by atoms with Crippen LogP contribution in [0.2, 0.25) is 0 Å². The molecule has 1 atom stereocenters. The van der Waals surface area contributed by atoms with Crippen LogP contribution in [0.25, 0.3) is 11.0 Å². The fourth-order valence-electron chi connectivity index (χ4n) is 3.16. The predicted octanol–water partition coefficient (Wildman–Crippen LogP) is 3.96. The molecular formula is C23H25NO5. The van der Waals surface area contributed by atoms with Crippen molar-refractivity contribution in [2.75, 3.05) is 20.8 Å². The highest BCUT2D eigenvalue weighted by atomic mass is 16.5. The van der Waals surface area contributed by atoms with Gasteiger partial charge in [-0.25, -0.2) is 4.79 Å². The molecule has 29 heavy (non-hydrogen) atoms. The average molecular weight is 395 g/mol. The lowest BCUT2D eigenvalue weighted by molar-refractivity contribution is -0.134. The van der Waals surface area contributed by atoms with Crippen LogP contribution in [0.5, 0.6) is 11.5 Å². The number of likely N-dealkylation sites (N-methyl/N-ethyl adjacent to an activating group) is 1. The molecule has 2 aromatic carbocycles. The minimum absolute atomic E-state index is 0.111. The van der Waals surface area contributed by atoms with Gasteiger partial charge >= 0.3 is 5.63 Å². The third-order valence-electron chi connectivity index (χ3n) is 5.12. The quantitative estimate of drug-likeness (QED) is 0.567. The molecule has 3 rings (SSSR count). The van der Waals surface area contributed by atoms with E-state index in [0.717, 1.165) is 28.7 Å². The van der Waals surface area contributed by atoms with E-state index in [4.69, 9.17) is 13.9 Å². The van der Waals surface area contributed by atoms with E-state index in [2.05, 4.69) is 0 Å². The fourth-order valence-corrected chi connectivity index (χ4v) is 3.16. The largest absolute Gasteiger partial charge is 0.497 e. The van der Waals surface area contributed by atoms with Crippen molar-refractivity contribution in [2.24, 2.45) is 0 Å². The summed E-state index contributed by atoms with van der Waals surface area (Å²) in [6, 6.07) is 14.3. The maximum atomic E-state index is 12.6. The van der Waals surface area contributed by atoms with Crippen molar-refractivity contribution in [1.29, 1.82) is 0 Å². The molecule has 0 spiro atoms. The SMILES string of the molecule is CCc1cc(=O)oc2cc(OCC(=O)N(C)C(C)c3ccc(OC)cc3)ccc12. The zero-order chi connectivity index (χ0) is 21.0. The Labute approximate surface area is 169 Å². The van der Waals surface area contributed by atoms with E-state index in [1.54, 1.807) is 31.2 Å². The second kappa shape index (κ2) is 8.82. The molecule has 0 aliphatic carbocycles. The van der Waals surface area contributed by atoms with Crippen LogP contribution in [-0.4, -0.2) is 31.6 Å². The van der Waals surface area contributed by atoms with Crippen LogP contribution in [0.15, 0.2) is 57.7 Å². The van der Waals surface area contributed by atoms with Crippen molar-refractivity contribution in [3.05, 3.63) is 70.1 Å². The number of carbonyl (C=O) groups excluding carboxylic acids is 1. The first-order chi connectivity index (χ1) is 13.9. The molecule has 1 amide bonds. The highest BCUT2D eigenvalue weighted by Gasteiger charge is 2.18. The van der Waals surface area contributed by atoms with Crippen LogP contribution >= 0.6 is 0 Å². The van der Waals surface area contributed by atoms with Gasteiger partial charge in [-0.3, -0.25) is 4.79 Å². The summed E-state index contributed by atoms with van der Waals surface area (Å²) in [6.07, 6.45) is 0.731. The number of aryl methyl sites for hydroxylation is 1. The van der Waals surface area contributed by atoms with Crippen molar-refractivity contribution in [2.45, 2.75) is 26.3 Å². The Hall–Kier alpha value is -3.28. The summed E-state index contributed by atoms with van der Waals surface area (Å²) in [5.41, 5.74) is 1.99. The van der Waals surface area contributed by atoms with Crippen molar-refractivity contribution >= 4 is 16.9 Å². The Kier molecular flexibility index (Phi) is 6.22. The Morgan fingerprint density at radius 3 is 2.45 bits per heavy atom. The Morgan fingerprint density at radius 2 is 1.79 bits per heavy atom. The summed E-state index contributed by atoms with van der Waals surface area (Å²) in [7, 11) is 3.36. The molecule has 0 aliphatic rings. The number of rotatable bonds is 7. The average Bonchev–Trinajstić information content (AvgIpc) is 2.75. The molecule has 6 heteroatoms. The monoisotopic (exact) mass is 395 g/mol. The first kappa shape index (κ1) is 20.5. The van der Waals surface area contributed by atoms with Crippen LogP contribution in [0.4, 0.5) is 0 Å². The molecule has 0 fully saturated rings. The lowest BCUT2D eigenvalue weighted by atomic mass is 10.1. The molecule has 0 aliphatic heterocycles. The van der Waals surface area contributed by atoms with Gasteiger partial charge in [0.25, 0.3) is 5.91 Å². The molecule has 152 valence electrons. The van der Waals surface area contributed by atoms with Crippen molar-refractivity contribution in [1.82, 2.24) is 4.90 Å². The number of nitrogens with zero attached hydrogens (tertiary/aromatic N) is 1. The minimum Gasteiger partial charge on any atom is -0.497 e. The molecule has 1 aromatic heterocycles. The first-order valence-corrected chi connectivity index (χ1v) is 9.52. The summed E-state index contributed by atoms with van der Waals surface area (Å²) in [5.74, 6) is 1.09. The van der Waals surface area contributed by atoms with Crippen LogP contribution in [0, 0.1) is 0 Å². The highest BCUT2D eigenvalue weighted by molar-refractivity contribution is 5.82. The van der Waals surface area contributed by atoms with Crippen LogP contribution in [-0.2, 0) is 11.2 Å². The van der Waals surface area contributed by atoms with Gasteiger partial charge in [0.2, 0.25) is 0 Å². The van der Waals surface area contributed by atoms with Crippen LogP contribution in [0.1, 0.15) is 31.0 Å². The number of ether oxygens (including phenoxy) is 2. The van der Waals surface area contributed by atoms with Gasteiger partial charge in [-0.2, -0.15) is 0 Å². The molecule has 0 N–H and O–H groups in total. The van der Waals surface area contributed by atoms with Gasteiger partial charge < -0.3 is 18.8 Å². The number of amides is 1. The zero-order valence-corrected chi connectivity index (χ0v) is 17.1. The van der Waals surface area contributed by atoms with E-state index >= 15 is 0 Å². The molecule has 0 bridgehead atoms. The van der Waals surface area contributed by atoms with Gasteiger partial charge in [0.1, 0.15) is 17.1 Å². The third kappa shape index (κ3) is 4.59. The zero-order valence-electron chi connectivity index (χ0n) is 17.1. The molecule has 1 heterocycles. The topological polar surface area (TPSA) is 69.0 Å². The molecular weight excluding hydrogens is 370 g/mol. The standard InChI is InChI=1S/C23H25NO5/c1-5-16-12-23(26)29-21-13-19(10-11-20(16)21)28-14-22(25)24(3)15(2)17-6-8-18(27-4)9-7-17/h6-13,15H,5,14H2,1-4H3. The maximum Gasteiger partial charge on any atom is 0.336 e. The van der Waals surface area contributed by atoms with Crippen molar-refractivity contribution in [3.63, 3.8) is 0 Å². The number of fused-ring (bicyclic) bond motifs is 1. The fraction of sp³-hybridized carbons (Fsp3) is 0.304. The number of methoxy groups -OCH3 is 1. The number of hydrogen-bond donors (Lipinski definition) is 0. The summed E-state index contributed by atoms with van der Waals surface area (Å²) in [4.78, 5) is 25.9. The Balaban J connectivity index is 1.68. The van der Waals surface area contributed by atoms with Crippen LogP contribution in [0.3, 0.4) is 0 Å². The molecule has 3 aromatic rings. The van der Waals surface area contributed by atoms with Crippen molar-refractivity contribution < 1.29 is 18.7 Å². The number of carbonyl (C=O) groups is 1. The van der Waals surface area contributed by atoms with Gasteiger partial charge in [-0.15, -0.1) is 0 Å². The van der Waals surface area contributed by atoms with E-state index in [-0.39, 0.29) is 18.6 Å². The van der Waals surface area contributed by atoms with Crippen molar-refractivity contribution in [3.8, 4) is 11.5 Å². The molecule has 1 unspecified atom stereocenters. The smallest absolute Gasteiger partial charge is 0.336 e. The lowest BCUT2D eigenvalue weighted by Crippen LogP contribution is -2.33. The Morgan fingerprint density at radius 1 is 1.10 bits per heavy atom. The van der Waals surface area contributed by atoms with E-state index in [1.807, 2.05) is 44.2 Å². The second-order valence-corrected chi connectivity index (χ2v) is 6.84. The highest BCUT2D eigenvalue weighted by Crippen LogP contribution is 2.24. The van der Waals surface area contributed by atoms with Gasteiger partial charge in [0, 0.05) is 24.6 Å². The molecule has 0 radical (unpaired) electrons. The summed E-state index contributed by atoms with van der Waals surface area (Å²) < 4.78 is 16.1. The summed E-state index contributed by atoms with van der Waals surface area (Å²) in [5, 5.41) is 0.871.